The number of hydrogen-bond acceptors (Lipinski definition) is 11. The normalized spacial score (nSPS) is 36.5. The van der Waals surface area contributed by atoms with E-state index in [1.807, 2.05) is 24.7 Å². The van der Waals surface area contributed by atoms with Crippen molar-refractivity contribution >= 4 is 0 Å². The van der Waals surface area contributed by atoms with Crippen LogP contribution >= 0.6 is 0 Å². The third kappa shape index (κ3) is 6.51. The maximum atomic E-state index is 6.56. The lowest BCUT2D eigenvalue weighted by Gasteiger charge is -2.48. The molecule has 5 aliphatic rings. The van der Waals surface area contributed by atoms with Crippen LogP contribution in [0, 0.1) is 5.92 Å². The second-order valence-electron chi connectivity index (χ2n) is 13.4. The molecule has 6 atom stereocenters. The van der Waals surface area contributed by atoms with Crippen LogP contribution in [0.5, 0.6) is 0 Å². The summed E-state index contributed by atoms with van der Waals surface area (Å²) in [5, 5.41) is 8.69. The fraction of sp³-hybridized carbons (Fsp3) is 0.931. The molecule has 0 aromatic carbocycles. The van der Waals surface area contributed by atoms with Crippen LogP contribution in [0.2, 0.25) is 0 Å². The molecule has 0 bridgehead atoms. The molecule has 4 aliphatic heterocycles. The highest BCUT2D eigenvalue weighted by Crippen LogP contribution is 2.44. The van der Waals surface area contributed by atoms with Gasteiger partial charge >= 0.3 is 0 Å². The highest BCUT2D eigenvalue weighted by Gasteiger charge is 2.61. The first-order chi connectivity index (χ1) is 19.6. The molecule has 232 valence electrons. The zero-order valence-corrected chi connectivity index (χ0v) is 25.2. The molecule has 1 saturated carbocycles. The van der Waals surface area contributed by atoms with Crippen molar-refractivity contribution in [2.45, 2.75) is 147 Å². The molecule has 1 aliphatic carbocycles. The molecule has 0 radical (unpaired) electrons. The van der Waals surface area contributed by atoms with Crippen molar-refractivity contribution in [3.8, 4) is 0 Å². The molecule has 12 heteroatoms. The van der Waals surface area contributed by atoms with E-state index in [0.717, 1.165) is 57.2 Å². The fourth-order valence-corrected chi connectivity index (χ4v) is 6.55. The summed E-state index contributed by atoms with van der Waals surface area (Å²) in [5.41, 5.74) is 0.269. The van der Waals surface area contributed by atoms with E-state index >= 15 is 0 Å². The van der Waals surface area contributed by atoms with E-state index in [9.17, 15) is 0 Å². The van der Waals surface area contributed by atoms with Gasteiger partial charge in [0, 0.05) is 19.4 Å². The number of ether oxygens (including phenoxy) is 7. The molecule has 12 nitrogen and oxygen atoms in total. The summed E-state index contributed by atoms with van der Waals surface area (Å²) >= 11 is 0. The molecular formula is C29H47N3O9. The zero-order valence-electron chi connectivity index (χ0n) is 25.2. The van der Waals surface area contributed by atoms with Gasteiger partial charge in [-0.2, -0.15) is 0 Å². The second-order valence-corrected chi connectivity index (χ2v) is 13.4. The third-order valence-corrected chi connectivity index (χ3v) is 9.10. The van der Waals surface area contributed by atoms with E-state index < -0.39 is 29.1 Å². The predicted octanol–water partition coefficient (Wildman–Crippen LogP) is 4.01. The van der Waals surface area contributed by atoms with Crippen LogP contribution in [0.25, 0.3) is 0 Å². The molecule has 0 amide bonds. The Balaban J connectivity index is 0.987. The van der Waals surface area contributed by atoms with Gasteiger partial charge in [-0.15, -0.1) is 5.10 Å². The smallest absolute Gasteiger partial charge is 0.224 e. The van der Waals surface area contributed by atoms with Crippen LogP contribution in [0.15, 0.2) is 6.20 Å². The number of aromatic nitrogens is 3. The van der Waals surface area contributed by atoms with Crippen molar-refractivity contribution in [2.24, 2.45) is 5.92 Å². The van der Waals surface area contributed by atoms with Gasteiger partial charge in [0.15, 0.2) is 5.79 Å². The lowest BCUT2D eigenvalue weighted by molar-refractivity contribution is -0.528. The zero-order chi connectivity index (χ0) is 28.7. The van der Waals surface area contributed by atoms with Gasteiger partial charge < -0.3 is 33.2 Å². The quantitative estimate of drug-likeness (QED) is 0.394. The highest BCUT2D eigenvalue weighted by atomic mass is 17.2. The lowest BCUT2D eigenvalue weighted by atomic mass is 9.89. The van der Waals surface area contributed by atoms with Gasteiger partial charge in [-0.05, 0) is 65.7 Å². The van der Waals surface area contributed by atoms with Crippen molar-refractivity contribution in [2.75, 3.05) is 20.0 Å². The van der Waals surface area contributed by atoms with Crippen molar-refractivity contribution in [1.29, 1.82) is 0 Å². The number of hydrogen-bond donors (Lipinski definition) is 0. The molecular weight excluding hydrogens is 534 g/mol. The number of nitrogens with zero attached hydrogens (tertiary/aromatic N) is 3. The van der Waals surface area contributed by atoms with Crippen molar-refractivity contribution < 1.29 is 42.9 Å². The topological polar surface area (TPSA) is 114 Å². The van der Waals surface area contributed by atoms with Gasteiger partial charge in [0.2, 0.25) is 11.6 Å². The molecule has 1 aromatic rings. The van der Waals surface area contributed by atoms with E-state index in [1.165, 1.54) is 6.42 Å². The second kappa shape index (κ2) is 11.7. The fourth-order valence-electron chi connectivity index (χ4n) is 6.55. The Morgan fingerprint density at radius 2 is 1.88 bits per heavy atom. The minimum Gasteiger partial charge on any atom is -0.363 e. The molecule has 5 heterocycles. The lowest BCUT2D eigenvalue weighted by Crippen LogP contribution is -2.62. The first-order valence-electron chi connectivity index (χ1n) is 15.3. The van der Waals surface area contributed by atoms with Gasteiger partial charge in [-0.25, -0.2) is 9.78 Å². The SMILES string of the molecule is CC(CCC1OC2(CCCCC2)OOC1(C)C)CCn1cc(COC2[C@H]3OCO[C@H]3CO[C@@]23COC(C)(C)O3)nn1. The van der Waals surface area contributed by atoms with Crippen molar-refractivity contribution in [1.82, 2.24) is 15.0 Å². The first kappa shape index (κ1) is 29.8. The molecule has 4 saturated heterocycles. The summed E-state index contributed by atoms with van der Waals surface area (Å²) in [6.07, 6.45) is 9.14. The van der Waals surface area contributed by atoms with Crippen LogP contribution in [0.3, 0.4) is 0 Å². The standard InChI is InChI=1S/C29H47N3O9/c1-20(9-10-23-26(2,3)40-41-28(38-23)12-7-6-8-13-28)11-14-32-15-21(30-31-32)16-33-25-24-22(34-19-35-24)17-36-29(25)18-37-27(4,5)39-29/h15,20,22-25H,6-14,16-19H2,1-5H3/t20?,22-,23?,24-,25?,29+/m0/s1. The molecule has 2 spiro atoms. The molecule has 1 aromatic heterocycles. The van der Waals surface area contributed by atoms with Crippen molar-refractivity contribution in [3.05, 3.63) is 11.9 Å². The Morgan fingerprint density at radius 1 is 1.05 bits per heavy atom. The Labute approximate surface area is 242 Å². The van der Waals surface area contributed by atoms with Crippen LogP contribution in [-0.2, 0) is 56.1 Å². The minimum atomic E-state index is -1.05. The Kier molecular flexibility index (Phi) is 8.51. The average Bonchev–Trinajstić information content (AvgIpc) is 3.67. The third-order valence-electron chi connectivity index (χ3n) is 9.10. The van der Waals surface area contributed by atoms with Crippen LogP contribution in [0.1, 0.15) is 91.7 Å². The predicted molar refractivity (Wildman–Crippen MR) is 143 cm³/mol. The van der Waals surface area contributed by atoms with E-state index in [1.54, 1.807) is 0 Å². The van der Waals surface area contributed by atoms with E-state index in [2.05, 4.69) is 31.1 Å². The molecule has 3 unspecified atom stereocenters. The number of rotatable bonds is 9. The minimum absolute atomic E-state index is 0.00708. The average molecular weight is 582 g/mol. The molecule has 0 N–H and O–H groups in total. The summed E-state index contributed by atoms with van der Waals surface area (Å²) in [5.74, 6) is -1.89. The van der Waals surface area contributed by atoms with Crippen molar-refractivity contribution in [3.63, 3.8) is 0 Å². The van der Waals surface area contributed by atoms with Gasteiger partial charge in [0.1, 0.15) is 43.0 Å². The van der Waals surface area contributed by atoms with E-state index in [4.69, 9.17) is 42.9 Å². The summed E-state index contributed by atoms with van der Waals surface area (Å²) in [4.78, 5) is 11.7. The maximum Gasteiger partial charge on any atom is 0.224 e. The Hall–Kier alpha value is -1.22. The van der Waals surface area contributed by atoms with Crippen LogP contribution in [-0.4, -0.2) is 82.4 Å². The van der Waals surface area contributed by atoms with Gasteiger partial charge in [0.05, 0.1) is 25.5 Å². The first-order valence-corrected chi connectivity index (χ1v) is 15.3. The summed E-state index contributed by atoms with van der Waals surface area (Å²) in [6, 6.07) is 0. The largest absolute Gasteiger partial charge is 0.363 e. The summed E-state index contributed by atoms with van der Waals surface area (Å²) in [6.45, 7) is 12.0. The highest BCUT2D eigenvalue weighted by molar-refractivity contribution is 5.01. The Morgan fingerprint density at radius 3 is 2.66 bits per heavy atom. The van der Waals surface area contributed by atoms with E-state index in [-0.39, 0.29) is 38.3 Å². The summed E-state index contributed by atoms with van der Waals surface area (Å²) in [7, 11) is 0. The Bertz CT molecular complexity index is 1030. The summed E-state index contributed by atoms with van der Waals surface area (Å²) < 4.78 is 44.5. The molecule has 6 rings (SSSR count). The van der Waals surface area contributed by atoms with E-state index in [0.29, 0.717) is 12.5 Å². The maximum absolute atomic E-state index is 6.56. The van der Waals surface area contributed by atoms with Crippen LogP contribution < -0.4 is 0 Å². The molecule has 41 heavy (non-hydrogen) atoms. The van der Waals surface area contributed by atoms with Gasteiger partial charge in [-0.3, -0.25) is 4.68 Å². The van der Waals surface area contributed by atoms with Crippen LogP contribution in [0.4, 0.5) is 0 Å². The number of aryl methyl sites for hydroxylation is 1. The van der Waals surface area contributed by atoms with Gasteiger partial charge in [-0.1, -0.05) is 18.6 Å². The number of fused-ring (bicyclic) bond motifs is 1. The van der Waals surface area contributed by atoms with Gasteiger partial charge in [0.25, 0.3) is 0 Å². The molecule has 5 fully saturated rings. The monoisotopic (exact) mass is 581 g/mol.